The summed E-state index contributed by atoms with van der Waals surface area (Å²) >= 11 is 0. The number of nitrogens with one attached hydrogen (secondary N) is 1. The Morgan fingerprint density at radius 2 is 2.26 bits per heavy atom. The zero-order valence-electron chi connectivity index (χ0n) is 11.4. The largest absolute Gasteiger partial charge is 0.445 e. The minimum absolute atomic E-state index is 0.206. The molecular weight excluding hydrogens is 240 g/mol. The van der Waals surface area contributed by atoms with Crippen molar-refractivity contribution in [3.8, 4) is 0 Å². The van der Waals surface area contributed by atoms with Crippen LogP contribution < -0.4 is 11.1 Å². The third-order valence-electron chi connectivity index (χ3n) is 2.97. The molecule has 1 aromatic carbocycles. The monoisotopic (exact) mass is 262 g/mol. The van der Waals surface area contributed by atoms with Gasteiger partial charge in [0.2, 0.25) is 0 Å². The highest BCUT2D eigenvalue weighted by Crippen LogP contribution is 2.12. The standard InChI is InChI=1S/C15H22N2O2/c1-3-8-19-15(18)17-11-13(10-16)9-14-7-5-4-6-12(14)2/h3-7,13H,1,8-11,16H2,2H3,(H,17,18)/t13-/m0/s1. The van der Waals surface area contributed by atoms with Gasteiger partial charge in [0.25, 0.3) is 0 Å². The van der Waals surface area contributed by atoms with Crippen molar-refractivity contribution in [2.24, 2.45) is 11.7 Å². The molecule has 0 aliphatic carbocycles. The van der Waals surface area contributed by atoms with Crippen LogP contribution in [0.5, 0.6) is 0 Å². The number of hydrogen-bond acceptors (Lipinski definition) is 3. The normalized spacial score (nSPS) is 11.7. The summed E-state index contributed by atoms with van der Waals surface area (Å²) in [5.74, 6) is 0.206. The second-order valence-electron chi connectivity index (χ2n) is 4.50. The summed E-state index contributed by atoms with van der Waals surface area (Å²) in [6, 6.07) is 8.20. The summed E-state index contributed by atoms with van der Waals surface area (Å²) in [5.41, 5.74) is 8.26. The van der Waals surface area contributed by atoms with Gasteiger partial charge in [-0.1, -0.05) is 36.9 Å². The van der Waals surface area contributed by atoms with E-state index in [1.807, 2.05) is 12.1 Å². The molecule has 0 saturated heterocycles. The van der Waals surface area contributed by atoms with E-state index in [0.717, 1.165) is 6.42 Å². The average Bonchev–Trinajstić information content (AvgIpc) is 2.43. The number of alkyl carbamates (subject to hydrolysis) is 1. The van der Waals surface area contributed by atoms with E-state index in [9.17, 15) is 4.79 Å². The highest BCUT2D eigenvalue weighted by atomic mass is 16.5. The Kier molecular flexibility index (Phi) is 6.68. The number of ether oxygens (including phenoxy) is 1. The molecule has 1 amide bonds. The lowest BCUT2D eigenvalue weighted by Gasteiger charge is -2.16. The number of benzene rings is 1. The molecule has 0 saturated carbocycles. The van der Waals surface area contributed by atoms with Crippen molar-refractivity contribution in [2.75, 3.05) is 19.7 Å². The van der Waals surface area contributed by atoms with Crippen molar-refractivity contribution in [2.45, 2.75) is 13.3 Å². The molecule has 104 valence electrons. The number of aryl methyl sites for hydroxylation is 1. The Hall–Kier alpha value is -1.81. The minimum atomic E-state index is -0.428. The van der Waals surface area contributed by atoms with Gasteiger partial charge >= 0.3 is 6.09 Å². The molecule has 0 unspecified atom stereocenters. The van der Waals surface area contributed by atoms with Crippen LogP contribution in [0, 0.1) is 12.8 Å². The first-order valence-corrected chi connectivity index (χ1v) is 6.43. The van der Waals surface area contributed by atoms with Crippen molar-refractivity contribution < 1.29 is 9.53 Å². The lowest BCUT2D eigenvalue weighted by Crippen LogP contribution is -2.34. The molecule has 0 radical (unpaired) electrons. The van der Waals surface area contributed by atoms with Gasteiger partial charge in [-0.05, 0) is 36.9 Å². The van der Waals surface area contributed by atoms with Gasteiger partial charge < -0.3 is 15.8 Å². The second kappa shape index (κ2) is 8.32. The molecule has 0 bridgehead atoms. The molecule has 0 heterocycles. The summed E-state index contributed by atoms with van der Waals surface area (Å²) in [7, 11) is 0. The Balaban J connectivity index is 2.44. The molecule has 3 N–H and O–H groups in total. The molecule has 4 heteroatoms. The molecule has 0 aliphatic heterocycles. The molecule has 1 rings (SSSR count). The molecule has 4 nitrogen and oxygen atoms in total. The third kappa shape index (κ3) is 5.57. The van der Waals surface area contributed by atoms with E-state index >= 15 is 0 Å². The van der Waals surface area contributed by atoms with Crippen molar-refractivity contribution in [3.05, 3.63) is 48.0 Å². The highest BCUT2D eigenvalue weighted by molar-refractivity contribution is 5.67. The van der Waals surface area contributed by atoms with Crippen LogP contribution in [0.1, 0.15) is 11.1 Å². The van der Waals surface area contributed by atoms with Gasteiger partial charge in [0.1, 0.15) is 6.61 Å². The number of amides is 1. The quantitative estimate of drug-likeness (QED) is 0.739. The van der Waals surface area contributed by atoms with E-state index in [4.69, 9.17) is 10.5 Å². The fourth-order valence-corrected chi connectivity index (χ4v) is 1.80. The SMILES string of the molecule is C=CCOC(=O)NC[C@H](CN)Cc1ccccc1C. The number of rotatable bonds is 7. The summed E-state index contributed by atoms with van der Waals surface area (Å²) in [6.45, 7) is 6.82. The minimum Gasteiger partial charge on any atom is -0.445 e. The first-order chi connectivity index (χ1) is 9.17. The lowest BCUT2D eigenvalue weighted by molar-refractivity contribution is 0.156. The summed E-state index contributed by atoms with van der Waals surface area (Å²) in [5, 5.41) is 2.72. The van der Waals surface area contributed by atoms with Gasteiger partial charge in [-0.3, -0.25) is 0 Å². The van der Waals surface area contributed by atoms with Crippen molar-refractivity contribution in [3.63, 3.8) is 0 Å². The van der Waals surface area contributed by atoms with Crippen molar-refractivity contribution in [1.82, 2.24) is 5.32 Å². The predicted molar refractivity (Wildman–Crippen MR) is 77.0 cm³/mol. The van der Waals surface area contributed by atoms with Gasteiger partial charge in [-0.25, -0.2) is 4.79 Å². The van der Waals surface area contributed by atoms with E-state index in [1.54, 1.807) is 0 Å². The molecule has 0 fully saturated rings. The molecule has 0 aliphatic rings. The van der Waals surface area contributed by atoms with Crippen LogP contribution in [0.2, 0.25) is 0 Å². The Labute approximate surface area is 114 Å². The molecule has 1 aromatic rings. The van der Waals surface area contributed by atoms with Crippen LogP contribution in [0.15, 0.2) is 36.9 Å². The summed E-state index contributed by atoms with van der Waals surface area (Å²) in [6.07, 6.45) is 1.96. The van der Waals surface area contributed by atoms with Crippen LogP contribution in [0.3, 0.4) is 0 Å². The Morgan fingerprint density at radius 1 is 1.53 bits per heavy atom. The van der Waals surface area contributed by atoms with Gasteiger partial charge in [0.05, 0.1) is 0 Å². The van der Waals surface area contributed by atoms with E-state index in [-0.39, 0.29) is 12.5 Å². The van der Waals surface area contributed by atoms with E-state index in [1.165, 1.54) is 17.2 Å². The number of nitrogens with two attached hydrogens (primary N) is 1. The molecule has 0 aromatic heterocycles. The van der Waals surface area contributed by atoms with Crippen LogP contribution in [0.4, 0.5) is 4.79 Å². The third-order valence-corrected chi connectivity index (χ3v) is 2.97. The smallest absolute Gasteiger partial charge is 0.407 e. The maximum Gasteiger partial charge on any atom is 0.407 e. The van der Waals surface area contributed by atoms with Gasteiger partial charge in [0.15, 0.2) is 0 Å². The Morgan fingerprint density at radius 3 is 2.89 bits per heavy atom. The van der Waals surface area contributed by atoms with Crippen LogP contribution >= 0.6 is 0 Å². The van der Waals surface area contributed by atoms with Crippen LogP contribution in [-0.2, 0) is 11.2 Å². The summed E-state index contributed by atoms with van der Waals surface area (Å²) in [4.78, 5) is 11.3. The zero-order valence-corrected chi connectivity index (χ0v) is 11.4. The number of carbonyl (C=O) groups is 1. The first kappa shape index (κ1) is 15.2. The molecular formula is C15H22N2O2. The van der Waals surface area contributed by atoms with Crippen molar-refractivity contribution >= 4 is 6.09 Å². The number of carbonyl (C=O) groups excluding carboxylic acids is 1. The molecule has 19 heavy (non-hydrogen) atoms. The lowest BCUT2D eigenvalue weighted by atomic mass is 9.96. The maximum atomic E-state index is 11.3. The first-order valence-electron chi connectivity index (χ1n) is 6.43. The summed E-state index contributed by atoms with van der Waals surface area (Å²) < 4.78 is 4.85. The predicted octanol–water partition coefficient (Wildman–Crippen LogP) is 2.02. The number of hydrogen-bond donors (Lipinski definition) is 2. The highest BCUT2D eigenvalue weighted by Gasteiger charge is 2.11. The second-order valence-corrected chi connectivity index (χ2v) is 4.50. The van der Waals surface area contributed by atoms with Crippen molar-refractivity contribution in [1.29, 1.82) is 0 Å². The molecule has 1 atom stereocenters. The van der Waals surface area contributed by atoms with Crippen LogP contribution in [-0.4, -0.2) is 25.8 Å². The maximum absolute atomic E-state index is 11.3. The van der Waals surface area contributed by atoms with Gasteiger partial charge in [-0.15, -0.1) is 0 Å². The Bertz CT molecular complexity index is 418. The van der Waals surface area contributed by atoms with Gasteiger partial charge in [-0.2, -0.15) is 0 Å². The zero-order chi connectivity index (χ0) is 14.1. The van der Waals surface area contributed by atoms with Gasteiger partial charge in [0, 0.05) is 6.54 Å². The molecule has 0 spiro atoms. The van der Waals surface area contributed by atoms with E-state index < -0.39 is 6.09 Å². The van der Waals surface area contributed by atoms with E-state index in [0.29, 0.717) is 13.1 Å². The fourth-order valence-electron chi connectivity index (χ4n) is 1.80. The average molecular weight is 262 g/mol. The van der Waals surface area contributed by atoms with Crippen LogP contribution in [0.25, 0.3) is 0 Å². The van der Waals surface area contributed by atoms with E-state index in [2.05, 4.69) is 31.0 Å². The fraction of sp³-hybridized carbons (Fsp3) is 0.400. The topological polar surface area (TPSA) is 64.3 Å².